The number of carbonyl (C=O) groups excluding carboxylic acids is 1. The minimum absolute atomic E-state index is 0.0474. The van der Waals surface area contributed by atoms with Gasteiger partial charge < -0.3 is 13.9 Å². The largest absolute Gasteiger partial charge is 0.497 e. The molecule has 0 bridgehead atoms. The lowest BCUT2D eigenvalue weighted by Crippen LogP contribution is -1.94. The summed E-state index contributed by atoms with van der Waals surface area (Å²) in [7, 11) is 3.04. The van der Waals surface area contributed by atoms with Crippen molar-refractivity contribution in [3.63, 3.8) is 0 Å². The van der Waals surface area contributed by atoms with Crippen LogP contribution in [0.2, 0.25) is 0 Å². The van der Waals surface area contributed by atoms with Crippen LogP contribution in [0.25, 0.3) is 11.5 Å². The van der Waals surface area contributed by atoms with Gasteiger partial charge in [-0.25, -0.2) is 0 Å². The molecule has 0 saturated heterocycles. The summed E-state index contributed by atoms with van der Waals surface area (Å²) in [6, 6.07) is 10.4. The highest BCUT2D eigenvalue weighted by atomic mass is 32.2. The molecule has 0 aliphatic carbocycles. The van der Waals surface area contributed by atoms with Crippen LogP contribution >= 0.6 is 11.8 Å². The Labute approximate surface area is 157 Å². The minimum atomic E-state index is -0.534. The monoisotopic (exact) mass is 387 g/mol. The number of nitro groups is 1. The number of methoxy groups -OCH3 is 2. The Hall–Kier alpha value is -3.40. The van der Waals surface area contributed by atoms with Gasteiger partial charge in [0.05, 0.1) is 24.7 Å². The Balaban J connectivity index is 1.78. The third-order valence-corrected chi connectivity index (χ3v) is 4.30. The van der Waals surface area contributed by atoms with Crippen molar-refractivity contribution in [2.75, 3.05) is 14.2 Å². The highest BCUT2D eigenvalue weighted by Gasteiger charge is 2.18. The first-order valence-corrected chi connectivity index (χ1v) is 8.36. The molecule has 0 aliphatic heterocycles. The predicted octanol–water partition coefficient (Wildman–Crippen LogP) is 3.59. The van der Waals surface area contributed by atoms with E-state index in [2.05, 4.69) is 10.2 Å². The van der Waals surface area contributed by atoms with Crippen molar-refractivity contribution >= 4 is 22.6 Å². The maximum absolute atomic E-state index is 12.3. The van der Waals surface area contributed by atoms with Crippen molar-refractivity contribution in [2.24, 2.45) is 0 Å². The van der Waals surface area contributed by atoms with Crippen molar-refractivity contribution in [3.05, 3.63) is 58.1 Å². The van der Waals surface area contributed by atoms with Gasteiger partial charge in [-0.05, 0) is 24.3 Å². The van der Waals surface area contributed by atoms with Gasteiger partial charge in [-0.1, -0.05) is 0 Å². The molecule has 0 amide bonds. The van der Waals surface area contributed by atoms with Crippen LogP contribution in [0.1, 0.15) is 10.4 Å². The number of nitrogens with zero attached hydrogens (tertiary/aromatic N) is 3. The number of non-ortho nitro benzene ring substituents is 1. The molecule has 0 aliphatic rings. The fourth-order valence-corrected chi connectivity index (χ4v) is 2.81. The number of ether oxygens (including phenoxy) is 2. The predicted molar refractivity (Wildman–Crippen MR) is 96.1 cm³/mol. The molecule has 0 spiro atoms. The molecule has 3 rings (SSSR count). The zero-order chi connectivity index (χ0) is 19.4. The second-order valence-corrected chi connectivity index (χ2v) is 6.06. The van der Waals surface area contributed by atoms with Gasteiger partial charge in [0, 0.05) is 35.5 Å². The summed E-state index contributed by atoms with van der Waals surface area (Å²) in [5.74, 6) is 1.28. The van der Waals surface area contributed by atoms with E-state index in [4.69, 9.17) is 13.9 Å². The van der Waals surface area contributed by atoms with Gasteiger partial charge in [0.1, 0.15) is 11.5 Å². The fourth-order valence-electron chi connectivity index (χ4n) is 2.19. The van der Waals surface area contributed by atoms with Gasteiger partial charge >= 0.3 is 0 Å². The molecule has 0 saturated carbocycles. The van der Waals surface area contributed by atoms with E-state index in [9.17, 15) is 14.9 Å². The number of aromatic nitrogens is 2. The van der Waals surface area contributed by atoms with E-state index in [0.717, 1.165) is 11.8 Å². The van der Waals surface area contributed by atoms with Crippen LogP contribution in [0, 0.1) is 10.1 Å². The van der Waals surface area contributed by atoms with Crippen molar-refractivity contribution < 1.29 is 23.6 Å². The number of hydrogen-bond donors (Lipinski definition) is 0. The number of nitro benzene ring substituents is 1. The zero-order valence-corrected chi connectivity index (χ0v) is 15.1. The highest BCUT2D eigenvalue weighted by Crippen LogP contribution is 2.34. The average Bonchev–Trinajstić information content (AvgIpc) is 3.15. The molecule has 2 aromatic carbocycles. The van der Waals surface area contributed by atoms with Crippen molar-refractivity contribution in [1.82, 2.24) is 10.2 Å². The maximum atomic E-state index is 12.3. The van der Waals surface area contributed by atoms with E-state index in [1.54, 1.807) is 25.3 Å². The van der Waals surface area contributed by atoms with E-state index in [-0.39, 0.29) is 27.5 Å². The molecular formula is C17H13N3O6S. The van der Waals surface area contributed by atoms with E-state index in [0.29, 0.717) is 17.1 Å². The number of rotatable bonds is 6. The van der Waals surface area contributed by atoms with E-state index in [1.807, 2.05) is 0 Å². The molecule has 0 unspecified atom stereocenters. The van der Waals surface area contributed by atoms with Crippen LogP contribution < -0.4 is 9.47 Å². The highest BCUT2D eigenvalue weighted by molar-refractivity contribution is 8.14. The van der Waals surface area contributed by atoms with Crippen molar-refractivity contribution in [2.45, 2.75) is 5.22 Å². The number of hydrogen-bond acceptors (Lipinski definition) is 9. The van der Waals surface area contributed by atoms with Gasteiger partial charge in [-0.2, -0.15) is 0 Å². The van der Waals surface area contributed by atoms with Gasteiger partial charge in [-0.3, -0.25) is 14.9 Å². The second kappa shape index (κ2) is 7.87. The first kappa shape index (κ1) is 18.4. The van der Waals surface area contributed by atoms with Crippen molar-refractivity contribution in [1.29, 1.82) is 0 Å². The van der Waals surface area contributed by atoms with Gasteiger partial charge in [0.15, 0.2) is 0 Å². The molecule has 0 atom stereocenters. The summed E-state index contributed by atoms with van der Waals surface area (Å²) >= 11 is 0.733. The van der Waals surface area contributed by atoms with E-state index in [1.165, 1.54) is 31.4 Å². The summed E-state index contributed by atoms with van der Waals surface area (Å²) in [5.41, 5.74) is 0.746. The number of benzene rings is 2. The summed E-state index contributed by atoms with van der Waals surface area (Å²) in [4.78, 5) is 22.4. The molecule has 27 heavy (non-hydrogen) atoms. The fraction of sp³-hybridized carbons (Fsp3) is 0.118. The molecule has 0 radical (unpaired) electrons. The van der Waals surface area contributed by atoms with Gasteiger partial charge in [0.2, 0.25) is 5.12 Å². The quantitative estimate of drug-likeness (QED) is 0.355. The molecule has 3 aromatic rings. The summed E-state index contributed by atoms with van der Waals surface area (Å²) < 4.78 is 16.0. The van der Waals surface area contributed by atoms with Crippen LogP contribution in [0.15, 0.2) is 52.1 Å². The van der Waals surface area contributed by atoms with Crippen LogP contribution in [0.5, 0.6) is 11.5 Å². The standard InChI is InChI=1S/C17H13N3O6S/c1-24-12-7-8-13(14(9-12)25-2)15-18-19-17(26-15)27-16(21)10-3-5-11(6-4-10)20(22)23/h3-9H,1-2H3. The summed E-state index contributed by atoms with van der Waals surface area (Å²) in [6.07, 6.45) is 0. The second-order valence-electron chi connectivity index (χ2n) is 5.13. The molecule has 138 valence electrons. The van der Waals surface area contributed by atoms with Crippen LogP contribution in [0.3, 0.4) is 0 Å². The average molecular weight is 387 g/mol. The summed E-state index contributed by atoms with van der Waals surface area (Å²) in [6.45, 7) is 0. The maximum Gasteiger partial charge on any atom is 0.284 e. The molecule has 1 aromatic heterocycles. The zero-order valence-electron chi connectivity index (χ0n) is 14.2. The first-order valence-electron chi connectivity index (χ1n) is 7.54. The summed E-state index contributed by atoms with van der Waals surface area (Å²) in [5, 5.41) is 18.1. The molecular weight excluding hydrogens is 374 g/mol. The number of thioether (sulfide) groups is 1. The third-order valence-electron chi connectivity index (χ3n) is 3.54. The lowest BCUT2D eigenvalue weighted by molar-refractivity contribution is -0.384. The molecule has 1 heterocycles. The minimum Gasteiger partial charge on any atom is -0.497 e. The Morgan fingerprint density at radius 1 is 1.11 bits per heavy atom. The van der Waals surface area contributed by atoms with Gasteiger partial charge in [-0.15, -0.1) is 10.2 Å². The van der Waals surface area contributed by atoms with E-state index < -0.39 is 4.92 Å². The van der Waals surface area contributed by atoms with Crippen LogP contribution in [-0.2, 0) is 0 Å². The lowest BCUT2D eigenvalue weighted by Gasteiger charge is -2.07. The van der Waals surface area contributed by atoms with Gasteiger partial charge in [0.25, 0.3) is 16.8 Å². The molecule has 0 fully saturated rings. The third kappa shape index (κ3) is 4.06. The molecule has 10 heteroatoms. The van der Waals surface area contributed by atoms with E-state index >= 15 is 0 Å². The van der Waals surface area contributed by atoms with Crippen molar-refractivity contribution in [3.8, 4) is 23.0 Å². The first-order chi connectivity index (χ1) is 13.0. The number of carbonyl (C=O) groups is 1. The topological polar surface area (TPSA) is 118 Å². The molecule has 9 nitrogen and oxygen atoms in total. The Morgan fingerprint density at radius 2 is 1.85 bits per heavy atom. The van der Waals surface area contributed by atoms with Crippen LogP contribution in [0.4, 0.5) is 5.69 Å². The Morgan fingerprint density at radius 3 is 2.48 bits per heavy atom. The Bertz CT molecular complexity index is 987. The lowest BCUT2D eigenvalue weighted by atomic mass is 10.2. The Kier molecular flexibility index (Phi) is 5.36. The normalized spacial score (nSPS) is 10.4. The smallest absolute Gasteiger partial charge is 0.284 e. The molecule has 0 N–H and O–H groups in total. The SMILES string of the molecule is COc1ccc(-c2nnc(SC(=O)c3ccc([N+](=O)[O-])cc3)o2)c(OC)c1. The van der Waals surface area contributed by atoms with Crippen LogP contribution in [-0.4, -0.2) is 34.5 Å².